The van der Waals surface area contributed by atoms with E-state index in [-0.39, 0.29) is 18.2 Å². The zero-order valence-electron chi connectivity index (χ0n) is 13.1. The number of carbonyl (C=O) groups is 1. The fourth-order valence-corrected chi connectivity index (χ4v) is 2.31. The Labute approximate surface area is 129 Å². The second kappa shape index (κ2) is 6.89. The molecule has 1 aliphatic rings. The molecule has 22 heavy (non-hydrogen) atoms. The molecule has 1 aromatic rings. The molecule has 1 aromatic heterocycles. The molecule has 0 aliphatic heterocycles. The molecule has 0 radical (unpaired) electrons. The van der Waals surface area contributed by atoms with E-state index in [0.717, 1.165) is 38.1 Å². The summed E-state index contributed by atoms with van der Waals surface area (Å²) in [5.74, 6) is -0.488. The maximum atomic E-state index is 12.7. The lowest BCUT2D eigenvalue weighted by molar-refractivity contribution is 0.0467. The molecule has 1 saturated carbocycles. The van der Waals surface area contributed by atoms with Gasteiger partial charge in [0.05, 0.1) is 12.4 Å². The van der Waals surface area contributed by atoms with Crippen molar-refractivity contribution in [1.29, 1.82) is 0 Å². The van der Waals surface area contributed by atoms with Gasteiger partial charge in [-0.2, -0.15) is 0 Å². The van der Waals surface area contributed by atoms with Crippen LogP contribution < -0.4 is 10.1 Å². The summed E-state index contributed by atoms with van der Waals surface area (Å²) in [6, 6.07) is 0.272. The van der Waals surface area contributed by atoms with Crippen LogP contribution in [0.4, 0.5) is 9.18 Å². The second-order valence-corrected chi connectivity index (χ2v) is 6.42. The topological polar surface area (TPSA) is 73.3 Å². The van der Waals surface area contributed by atoms with E-state index >= 15 is 0 Å². The van der Waals surface area contributed by atoms with Crippen molar-refractivity contribution in [3.8, 4) is 6.01 Å². The molecule has 1 fully saturated rings. The average molecular weight is 311 g/mol. The molecular weight excluding hydrogens is 289 g/mol. The molecule has 0 spiro atoms. The van der Waals surface area contributed by atoms with Crippen molar-refractivity contribution in [3.63, 3.8) is 0 Å². The number of hydrogen-bond donors (Lipinski definition) is 1. The summed E-state index contributed by atoms with van der Waals surface area (Å²) in [5, 5.41) is 2.87. The van der Waals surface area contributed by atoms with Gasteiger partial charge in [0.2, 0.25) is 0 Å². The zero-order chi connectivity index (χ0) is 16.2. The van der Waals surface area contributed by atoms with Crippen molar-refractivity contribution in [2.75, 3.05) is 0 Å². The second-order valence-electron chi connectivity index (χ2n) is 6.42. The molecule has 0 aromatic carbocycles. The lowest BCUT2D eigenvalue weighted by Crippen LogP contribution is -2.42. The Hall–Kier alpha value is -1.92. The summed E-state index contributed by atoms with van der Waals surface area (Å²) in [5.41, 5.74) is -0.496. The minimum Gasteiger partial charge on any atom is -0.460 e. The maximum absolute atomic E-state index is 12.7. The normalized spacial score (nSPS) is 22.0. The Bertz CT molecular complexity index is 494. The largest absolute Gasteiger partial charge is 0.460 e. The number of nitrogens with zero attached hydrogens (tertiary/aromatic N) is 2. The van der Waals surface area contributed by atoms with E-state index in [2.05, 4.69) is 15.3 Å². The fraction of sp³-hybridized carbons (Fsp3) is 0.667. The Morgan fingerprint density at radius 2 is 1.82 bits per heavy atom. The van der Waals surface area contributed by atoms with E-state index < -0.39 is 17.5 Å². The van der Waals surface area contributed by atoms with Crippen molar-refractivity contribution in [2.24, 2.45) is 0 Å². The van der Waals surface area contributed by atoms with Gasteiger partial charge in [-0.3, -0.25) is 0 Å². The van der Waals surface area contributed by atoms with Gasteiger partial charge in [0, 0.05) is 6.04 Å². The summed E-state index contributed by atoms with van der Waals surface area (Å²) in [6.45, 7) is 5.50. The lowest BCUT2D eigenvalue weighted by atomic mass is 9.93. The number of halogens is 1. The van der Waals surface area contributed by atoms with E-state index in [9.17, 15) is 9.18 Å². The van der Waals surface area contributed by atoms with Crippen molar-refractivity contribution in [1.82, 2.24) is 15.3 Å². The predicted molar refractivity (Wildman–Crippen MR) is 78.0 cm³/mol. The first-order chi connectivity index (χ1) is 10.3. The van der Waals surface area contributed by atoms with E-state index in [0.29, 0.717) is 0 Å². The number of aromatic nitrogens is 2. The van der Waals surface area contributed by atoms with Crippen LogP contribution in [-0.2, 0) is 4.74 Å². The summed E-state index contributed by atoms with van der Waals surface area (Å²) in [7, 11) is 0. The average Bonchev–Trinajstić information content (AvgIpc) is 2.41. The van der Waals surface area contributed by atoms with Crippen LogP contribution in [-0.4, -0.2) is 33.8 Å². The van der Waals surface area contributed by atoms with Gasteiger partial charge in [0.15, 0.2) is 5.82 Å². The Kier molecular flexibility index (Phi) is 5.15. The summed E-state index contributed by atoms with van der Waals surface area (Å²) in [6.07, 6.45) is 4.91. The standard InChI is InChI=1S/C15H22FN3O3/c1-15(2,3)22-14(20)19-11-4-6-12(7-5-11)21-13-17-8-10(16)9-18-13/h8-9,11-12H,4-7H2,1-3H3,(H,19,20). The lowest BCUT2D eigenvalue weighted by Gasteiger charge is -2.29. The highest BCUT2D eigenvalue weighted by Crippen LogP contribution is 2.22. The third-order valence-corrected chi connectivity index (χ3v) is 3.26. The molecule has 2 rings (SSSR count). The number of rotatable bonds is 3. The van der Waals surface area contributed by atoms with Gasteiger partial charge < -0.3 is 14.8 Å². The molecule has 0 unspecified atom stereocenters. The summed E-state index contributed by atoms with van der Waals surface area (Å²) in [4.78, 5) is 19.3. The van der Waals surface area contributed by atoms with E-state index in [1.54, 1.807) is 0 Å². The van der Waals surface area contributed by atoms with Gasteiger partial charge in [-0.05, 0) is 46.5 Å². The van der Waals surface area contributed by atoms with Crippen LogP contribution in [0.3, 0.4) is 0 Å². The van der Waals surface area contributed by atoms with Gasteiger partial charge in [-0.25, -0.2) is 19.2 Å². The maximum Gasteiger partial charge on any atom is 0.407 e. The quantitative estimate of drug-likeness (QED) is 0.929. The number of amides is 1. The Balaban J connectivity index is 1.73. The Morgan fingerprint density at radius 1 is 1.23 bits per heavy atom. The third kappa shape index (κ3) is 5.46. The van der Waals surface area contributed by atoms with Crippen molar-refractivity contribution < 1.29 is 18.7 Å². The molecule has 0 bridgehead atoms. The van der Waals surface area contributed by atoms with Crippen molar-refractivity contribution in [3.05, 3.63) is 18.2 Å². The molecule has 1 aliphatic carbocycles. The van der Waals surface area contributed by atoms with Crippen molar-refractivity contribution >= 4 is 6.09 Å². The number of ether oxygens (including phenoxy) is 2. The molecule has 0 atom stereocenters. The van der Waals surface area contributed by atoms with E-state index in [4.69, 9.17) is 9.47 Å². The van der Waals surface area contributed by atoms with Crippen LogP contribution in [0, 0.1) is 5.82 Å². The van der Waals surface area contributed by atoms with Gasteiger partial charge in [-0.1, -0.05) is 0 Å². The number of carbonyl (C=O) groups excluding carboxylic acids is 1. The molecule has 7 heteroatoms. The SMILES string of the molecule is CC(C)(C)OC(=O)NC1CCC(Oc2ncc(F)cn2)CC1. The van der Waals surface area contributed by atoms with Crippen LogP contribution in [0.2, 0.25) is 0 Å². The molecule has 1 N–H and O–H groups in total. The first-order valence-corrected chi connectivity index (χ1v) is 7.45. The first kappa shape index (κ1) is 16.5. The highest BCUT2D eigenvalue weighted by atomic mass is 19.1. The molecule has 1 heterocycles. The zero-order valence-corrected chi connectivity index (χ0v) is 13.1. The molecule has 1 amide bonds. The van der Waals surface area contributed by atoms with Gasteiger partial charge in [0.1, 0.15) is 11.7 Å². The van der Waals surface area contributed by atoms with Crippen molar-refractivity contribution in [2.45, 2.75) is 64.2 Å². The number of nitrogens with one attached hydrogen (secondary N) is 1. The third-order valence-electron chi connectivity index (χ3n) is 3.26. The van der Waals surface area contributed by atoms with Crippen LogP contribution in [0.25, 0.3) is 0 Å². The molecular formula is C15H22FN3O3. The fourth-order valence-electron chi connectivity index (χ4n) is 2.31. The van der Waals surface area contributed by atoms with E-state index in [1.807, 2.05) is 20.8 Å². The minimum absolute atomic E-state index is 0.0119. The first-order valence-electron chi connectivity index (χ1n) is 7.45. The summed E-state index contributed by atoms with van der Waals surface area (Å²) < 4.78 is 23.6. The van der Waals surface area contributed by atoms with Crippen LogP contribution >= 0.6 is 0 Å². The van der Waals surface area contributed by atoms with Crippen LogP contribution in [0.1, 0.15) is 46.5 Å². The van der Waals surface area contributed by atoms with Gasteiger partial charge in [0.25, 0.3) is 0 Å². The van der Waals surface area contributed by atoms with Crippen LogP contribution in [0.15, 0.2) is 12.4 Å². The highest BCUT2D eigenvalue weighted by Gasteiger charge is 2.26. The van der Waals surface area contributed by atoms with Gasteiger partial charge in [-0.15, -0.1) is 0 Å². The van der Waals surface area contributed by atoms with Crippen LogP contribution in [0.5, 0.6) is 6.01 Å². The van der Waals surface area contributed by atoms with Gasteiger partial charge >= 0.3 is 12.1 Å². The molecule has 0 saturated heterocycles. The molecule has 122 valence electrons. The Morgan fingerprint density at radius 3 is 2.36 bits per heavy atom. The number of alkyl carbamates (subject to hydrolysis) is 1. The monoisotopic (exact) mass is 311 g/mol. The minimum atomic E-state index is -0.496. The van der Waals surface area contributed by atoms with E-state index in [1.165, 1.54) is 0 Å². The molecule has 6 nitrogen and oxygen atoms in total. The smallest absolute Gasteiger partial charge is 0.407 e. The number of hydrogen-bond acceptors (Lipinski definition) is 5. The summed E-state index contributed by atoms with van der Waals surface area (Å²) >= 11 is 0. The predicted octanol–water partition coefficient (Wildman–Crippen LogP) is 2.83. The highest BCUT2D eigenvalue weighted by molar-refractivity contribution is 5.68.